The number of aryl methyl sites for hydroxylation is 2. The summed E-state index contributed by atoms with van der Waals surface area (Å²) in [5, 5.41) is 7.27. The molecule has 25 heavy (non-hydrogen) atoms. The molecule has 0 radical (unpaired) electrons. The Morgan fingerprint density at radius 3 is 2.64 bits per heavy atom. The van der Waals surface area contributed by atoms with Crippen molar-refractivity contribution in [3.63, 3.8) is 0 Å². The van der Waals surface area contributed by atoms with E-state index in [1.807, 2.05) is 56.1 Å². The summed E-state index contributed by atoms with van der Waals surface area (Å²) in [5.74, 6) is 0.0162. The number of rotatable bonds is 3. The summed E-state index contributed by atoms with van der Waals surface area (Å²) in [4.78, 5) is 26.9. The Kier molecular flexibility index (Phi) is 4.88. The average molecular weight is 340 g/mol. The molecule has 1 aliphatic heterocycles. The third kappa shape index (κ3) is 3.57. The van der Waals surface area contributed by atoms with Crippen LogP contribution >= 0.6 is 0 Å². The van der Waals surface area contributed by atoms with Crippen molar-refractivity contribution < 1.29 is 9.59 Å². The first-order valence-corrected chi connectivity index (χ1v) is 8.57. The molecule has 2 amide bonds. The summed E-state index contributed by atoms with van der Waals surface area (Å²) in [5.41, 5.74) is 3.86. The lowest BCUT2D eigenvalue weighted by Gasteiger charge is -2.29. The number of benzene rings is 1. The maximum atomic E-state index is 13.1. The SMILES string of the molecule is Cc1nn(C)c(C)c1CC(=O)N1CCNC(=O)CC1c1ccccc1. The van der Waals surface area contributed by atoms with Gasteiger partial charge in [0.05, 0.1) is 24.6 Å². The number of nitrogens with zero attached hydrogens (tertiary/aromatic N) is 3. The van der Waals surface area contributed by atoms with E-state index >= 15 is 0 Å². The Labute approximate surface area is 147 Å². The Hall–Kier alpha value is -2.63. The van der Waals surface area contributed by atoms with Gasteiger partial charge in [0, 0.05) is 31.4 Å². The second-order valence-corrected chi connectivity index (χ2v) is 6.52. The van der Waals surface area contributed by atoms with E-state index in [1.54, 1.807) is 4.68 Å². The number of amides is 2. The lowest BCUT2D eigenvalue weighted by atomic mass is 10.0. The van der Waals surface area contributed by atoms with Crippen LogP contribution in [-0.2, 0) is 23.1 Å². The van der Waals surface area contributed by atoms with Crippen LogP contribution in [0, 0.1) is 13.8 Å². The molecule has 1 atom stereocenters. The van der Waals surface area contributed by atoms with E-state index in [0.29, 0.717) is 25.9 Å². The van der Waals surface area contributed by atoms with E-state index in [1.165, 1.54) is 0 Å². The Balaban J connectivity index is 1.88. The van der Waals surface area contributed by atoms with Crippen LogP contribution in [0.4, 0.5) is 0 Å². The molecule has 1 fully saturated rings. The predicted molar refractivity (Wildman–Crippen MR) is 94.9 cm³/mol. The number of carbonyl (C=O) groups excluding carboxylic acids is 2. The third-order valence-electron chi connectivity index (χ3n) is 4.92. The second-order valence-electron chi connectivity index (χ2n) is 6.52. The van der Waals surface area contributed by atoms with Gasteiger partial charge in [0.1, 0.15) is 0 Å². The lowest BCUT2D eigenvalue weighted by molar-refractivity contribution is -0.133. The third-order valence-corrected chi connectivity index (χ3v) is 4.92. The van der Waals surface area contributed by atoms with Crippen molar-refractivity contribution in [2.75, 3.05) is 13.1 Å². The first-order chi connectivity index (χ1) is 12.0. The highest BCUT2D eigenvalue weighted by molar-refractivity contribution is 5.83. The van der Waals surface area contributed by atoms with E-state index in [4.69, 9.17) is 0 Å². The van der Waals surface area contributed by atoms with E-state index in [9.17, 15) is 9.59 Å². The summed E-state index contributed by atoms with van der Waals surface area (Å²) in [6.07, 6.45) is 0.601. The summed E-state index contributed by atoms with van der Waals surface area (Å²) in [6.45, 7) is 4.91. The number of nitrogens with one attached hydrogen (secondary N) is 1. The summed E-state index contributed by atoms with van der Waals surface area (Å²) in [7, 11) is 1.89. The molecule has 2 aromatic rings. The van der Waals surface area contributed by atoms with Gasteiger partial charge in [0.2, 0.25) is 11.8 Å². The van der Waals surface area contributed by atoms with Crippen LogP contribution in [0.1, 0.15) is 35.0 Å². The Morgan fingerprint density at radius 2 is 2.00 bits per heavy atom. The molecule has 1 aromatic carbocycles. The molecule has 1 aliphatic rings. The van der Waals surface area contributed by atoms with Gasteiger partial charge in [-0.2, -0.15) is 5.10 Å². The number of aromatic nitrogens is 2. The van der Waals surface area contributed by atoms with Crippen molar-refractivity contribution in [3.05, 3.63) is 52.8 Å². The molecule has 1 unspecified atom stereocenters. The normalized spacial score (nSPS) is 18.0. The van der Waals surface area contributed by atoms with Crippen LogP contribution in [0.5, 0.6) is 0 Å². The van der Waals surface area contributed by atoms with Crippen LogP contribution in [0.2, 0.25) is 0 Å². The van der Waals surface area contributed by atoms with Crippen molar-refractivity contribution >= 4 is 11.8 Å². The molecule has 0 aliphatic carbocycles. The van der Waals surface area contributed by atoms with Crippen LogP contribution in [0.3, 0.4) is 0 Å². The van der Waals surface area contributed by atoms with Crippen molar-refractivity contribution in [3.8, 4) is 0 Å². The average Bonchev–Trinajstić information content (AvgIpc) is 2.77. The van der Waals surface area contributed by atoms with Gasteiger partial charge in [-0.1, -0.05) is 30.3 Å². The highest BCUT2D eigenvalue weighted by Gasteiger charge is 2.30. The molecule has 1 saturated heterocycles. The van der Waals surface area contributed by atoms with Crippen molar-refractivity contribution in [2.24, 2.45) is 7.05 Å². The maximum absolute atomic E-state index is 13.1. The van der Waals surface area contributed by atoms with Gasteiger partial charge in [0.15, 0.2) is 0 Å². The van der Waals surface area contributed by atoms with Crippen LogP contribution in [-0.4, -0.2) is 39.6 Å². The molecule has 6 heteroatoms. The first kappa shape index (κ1) is 17.2. The predicted octanol–water partition coefficient (Wildman–Crippen LogP) is 1.67. The molecule has 1 N–H and O–H groups in total. The first-order valence-electron chi connectivity index (χ1n) is 8.57. The largest absolute Gasteiger partial charge is 0.354 e. The molecule has 6 nitrogen and oxygen atoms in total. The smallest absolute Gasteiger partial charge is 0.227 e. The van der Waals surface area contributed by atoms with Crippen molar-refractivity contribution in [1.82, 2.24) is 20.0 Å². The monoisotopic (exact) mass is 340 g/mol. The molecule has 0 bridgehead atoms. The highest BCUT2D eigenvalue weighted by Crippen LogP contribution is 2.27. The Bertz CT molecular complexity index is 782. The van der Waals surface area contributed by atoms with Gasteiger partial charge in [-0.05, 0) is 19.4 Å². The van der Waals surface area contributed by atoms with Gasteiger partial charge in [-0.15, -0.1) is 0 Å². The van der Waals surface area contributed by atoms with Crippen molar-refractivity contribution in [2.45, 2.75) is 32.7 Å². The van der Waals surface area contributed by atoms with E-state index in [0.717, 1.165) is 22.5 Å². The standard InChI is InChI=1S/C19H24N4O2/c1-13-16(14(2)22(3)21-13)11-19(25)23-10-9-20-18(24)12-17(23)15-7-5-4-6-8-15/h4-8,17H,9-12H2,1-3H3,(H,20,24). The fraction of sp³-hybridized carbons (Fsp3) is 0.421. The van der Waals surface area contributed by atoms with E-state index in [2.05, 4.69) is 10.4 Å². The fourth-order valence-corrected chi connectivity index (χ4v) is 3.43. The van der Waals surface area contributed by atoms with Crippen LogP contribution < -0.4 is 5.32 Å². The number of hydrogen-bond acceptors (Lipinski definition) is 3. The van der Waals surface area contributed by atoms with Gasteiger partial charge in [-0.3, -0.25) is 14.3 Å². The zero-order valence-electron chi connectivity index (χ0n) is 15.0. The summed E-state index contributed by atoms with van der Waals surface area (Å²) < 4.78 is 1.81. The molecule has 0 spiro atoms. The maximum Gasteiger partial charge on any atom is 0.227 e. The van der Waals surface area contributed by atoms with Crippen LogP contribution in [0.25, 0.3) is 0 Å². The molecular formula is C19H24N4O2. The van der Waals surface area contributed by atoms with Gasteiger partial charge >= 0.3 is 0 Å². The molecule has 0 saturated carbocycles. The number of carbonyl (C=O) groups is 2. The van der Waals surface area contributed by atoms with Gasteiger partial charge in [0.25, 0.3) is 0 Å². The number of hydrogen-bond donors (Lipinski definition) is 1. The molecular weight excluding hydrogens is 316 g/mol. The quantitative estimate of drug-likeness (QED) is 0.924. The molecule has 132 valence electrons. The van der Waals surface area contributed by atoms with Crippen LogP contribution in [0.15, 0.2) is 30.3 Å². The van der Waals surface area contributed by atoms with Gasteiger partial charge in [-0.25, -0.2) is 0 Å². The summed E-state index contributed by atoms with van der Waals surface area (Å²) in [6, 6.07) is 9.54. The molecule has 3 rings (SSSR count). The fourth-order valence-electron chi connectivity index (χ4n) is 3.43. The highest BCUT2D eigenvalue weighted by atomic mass is 16.2. The zero-order valence-corrected chi connectivity index (χ0v) is 15.0. The zero-order chi connectivity index (χ0) is 18.0. The second kappa shape index (κ2) is 7.09. The van der Waals surface area contributed by atoms with E-state index < -0.39 is 0 Å². The molecule has 2 heterocycles. The molecule has 1 aromatic heterocycles. The summed E-state index contributed by atoms with van der Waals surface area (Å²) >= 11 is 0. The van der Waals surface area contributed by atoms with Crippen molar-refractivity contribution in [1.29, 1.82) is 0 Å². The minimum absolute atomic E-state index is 0.0158. The van der Waals surface area contributed by atoms with E-state index in [-0.39, 0.29) is 17.9 Å². The Morgan fingerprint density at radius 1 is 1.28 bits per heavy atom. The van der Waals surface area contributed by atoms with Gasteiger partial charge < -0.3 is 10.2 Å². The minimum Gasteiger partial charge on any atom is -0.354 e. The minimum atomic E-state index is -0.228. The topological polar surface area (TPSA) is 67.2 Å². The lowest BCUT2D eigenvalue weighted by Crippen LogP contribution is -2.37.